The lowest BCUT2D eigenvalue weighted by Gasteiger charge is -2.09. The molecule has 0 spiro atoms. The van der Waals surface area contributed by atoms with Crippen molar-refractivity contribution in [3.8, 4) is 11.5 Å². The third kappa shape index (κ3) is 3.59. The van der Waals surface area contributed by atoms with E-state index in [1.54, 1.807) is 18.2 Å². The summed E-state index contributed by atoms with van der Waals surface area (Å²) in [6, 6.07) is 8.39. The Morgan fingerprint density at radius 2 is 1.86 bits per heavy atom. The highest BCUT2D eigenvalue weighted by molar-refractivity contribution is 9.11. The van der Waals surface area contributed by atoms with E-state index in [1.807, 2.05) is 0 Å². The quantitative estimate of drug-likeness (QED) is 0.580. The van der Waals surface area contributed by atoms with Gasteiger partial charge in [0.05, 0.1) is 15.0 Å². The highest BCUT2D eigenvalue weighted by Gasteiger charge is 2.19. The van der Waals surface area contributed by atoms with Crippen LogP contribution in [0.5, 0.6) is 11.5 Å². The first kappa shape index (κ1) is 15.5. The van der Waals surface area contributed by atoms with E-state index >= 15 is 0 Å². The second-order valence-corrected chi connectivity index (χ2v) is 5.69. The number of rotatable bonds is 4. The van der Waals surface area contributed by atoms with Crippen LogP contribution in [0.1, 0.15) is 10.4 Å². The SMILES string of the molecule is O=C(O)c1ccc([N+](=O)[O-])c(Oc2ccc(Br)cc2Br)c1. The average Bonchev–Trinajstić information content (AvgIpc) is 2.41. The predicted octanol–water partition coefficient (Wildman–Crippen LogP) is 4.61. The summed E-state index contributed by atoms with van der Waals surface area (Å²) in [7, 11) is 0. The van der Waals surface area contributed by atoms with Crippen LogP contribution in [-0.2, 0) is 0 Å². The Morgan fingerprint density at radius 1 is 1.14 bits per heavy atom. The lowest BCUT2D eigenvalue weighted by atomic mass is 10.2. The molecule has 108 valence electrons. The molecule has 0 heterocycles. The summed E-state index contributed by atoms with van der Waals surface area (Å²) in [4.78, 5) is 21.3. The molecule has 0 saturated heterocycles. The smallest absolute Gasteiger partial charge is 0.335 e. The standard InChI is InChI=1S/C13H7Br2NO5/c14-8-2-4-11(9(15)6-8)21-12-5-7(13(17)18)1-3-10(12)16(19)20/h1-6H,(H,17,18). The minimum atomic E-state index is -1.19. The third-order valence-corrected chi connectivity index (χ3v) is 3.63. The second-order valence-electron chi connectivity index (χ2n) is 3.92. The molecule has 0 fully saturated rings. The van der Waals surface area contributed by atoms with Crippen LogP contribution in [-0.4, -0.2) is 16.0 Å². The number of hydrogen-bond acceptors (Lipinski definition) is 4. The Hall–Kier alpha value is -1.93. The van der Waals surface area contributed by atoms with Gasteiger partial charge in [-0.3, -0.25) is 10.1 Å². The topological polar surface area (TPSA) is 89.7 Å². The first-order valence-electron chi connectivity index (χ1n) is 5.53. The third-order valence-electron chi connectivity index (χ3n) is 2.52. The Balaban J connectivity index is 2.48. The molecule has 0 amide bonds. The highest BCUT2D eigenvalue weighted by Crippen LogP contribution is 2.36. The number of halogens is 2. The maximum Gasteiger partial charge on any atom is 0.335 e. The van der Waals surface area contributed by atoms with Crippen molar-refractivity contribution >= 4 is 43.5 Å². The summed E-state index contributed by atoms with van der Waals surface area (Å²) in [6.07, 6.45) is 0. The number of carbonyl (C=O) groups is 1. The van der Waals surface area contributed by atoms with Crippen LogP contribution in [0.4, 0.5) is 5.69 Å². The van der Waals surface area contributed by atoms with Crippen LogP contribution < -0.4 is 4.74 Å². The van der Waals surface area contributed by atoms with Gasteiger partial charge in [0.1, 0.15) is 5.75 Å². The highest BCUT2D eigenvalue weighted by atomic mass is 79.9. The summed E-state index contributed by atoms with van der Waals surface area (Å²) in [5.74, 6) is -0.989. The van der Waals surface area contributed by atoms with Crippen LogP contribution in [0, 0.1) is 10.1 Å². The van der Waals surface area contributed by atoms with Gasteiger partial charge in [0.15, 0.2) is 0 Å². The Morgan fingerprint density at radius 3 is 2.43 bits per heavy atom. The molecule has 0 saturated carbocycles. The molecule has 0 radical (unpaired) electrons. The molecule has 21 heavy (non-hydrogen) atoms. The normalized spacial score (nSPS) is 10.2. The van der Waals surface area contributed by atoms with E-state index in [4.69, 9.17) is 9.84 Å². The van der Waals surface area contributed by atoms with Gasteiger partial charge in [0, 0.05) is 16.6 Å². The first-order valence-corrected chi connectivity index (χ1v) is 7.11. The molecule has 0 aliphatic carbocycles. The van der Waals surface area contributed by atoms with Gasteiger partial charge in [-0.15, -0.1) is 0 Å². The van der Waals surface area contributed by atoms with E-state index in [-0.39, 0.29) is 17.0 Å². The van der Waals surface area contributed by atoms with Crippen LogP contribution >= 0.6 is 31.9 Å². The number of hydrogen-bond donors (Lipinski definition) is 1. The van der Waals surface area contributed by atoms with E-state index in [0.29, 0.717) is 10.2 Å². The minimum absolute atomic E-state index is 0.0937. The lowest BCUT2D eigenvalue weighted by Crippen LogP contribution is -2.00. The van der Waals surface area contributed by atoms with Crippen LogP contribution in [0.25, 0.3) is 0 Å². The molecule has 0 bridgehead atoms. The summed E-state index contributed by atoms with van der Waals surface area (Å²) < 4.78 is 6.85. The van der Waals surface area contributed by atoms with Crippen molar-refractivity contribution in [1.29, 1.82) is 0 Å². The molecule has 8 heteroatoms. The lowest BCUT2D eigenvalue weighted by molar-refractivity contribution is -0.385. The molecule has 0 aliphatic heterocycles. The largest absolute Gasteiger partial charge is 0.478 e. The molecule has 0 aliphatic rings. The molecule has 0 atom stereocenters. The van der Waals surface area contributed by atoms with Crippen molar-refractivity contribution in [3.63, 3.8) is 0 Å². The predicted molar refractivity (Wildman–Crippen MR) is 82.0 cm³/mol. The zero-order chi connectivity index (χ0) is 15.6. The second kappa shape index (κ2) is 6.23. The first-order chi connectivity index (χ1) is 9.88. The van der Waals surface area contributed by atoms with Crippen molar-refractivity contribution in [3.05, 3.63) is 61.0 Å². The van der Waals surface area contributed by atoms with Crippen molar-refractivity contribution in [1.82, 2.24) is 0 Å². The van der Waals surface area contributed by atoms with Gasteiger partial charge >= 0.3 is 11.7 Å². The van der Waals surface area contributed by atoms with Crippen molar-refractivity contribution in [2.45, 2.75) is 0 Å². The van der Waals surface area contributed by atoms with Gasteiger partial charge in [0.2, 0.25) is 5.75 Å². The van der Waals surface area contributed by atoms with Gasteiger partial charge in [-0.25, -0.2) is 4.79 Å². The van der Waals surface area contributed by atoms with Gasteiger partial charge < -0.3 is 9.84 Å². The Labute approximate surface area is 135 Å². The number of carboxylic acids is 1. The Kier molecular flexibility index (Phi) is 4.59. The van der Waals surface area contributed by atoms with E-state index in [1.165, 1.54) is 0 Å². The molecular weight excluding hydrogens is 410 g/mol. The number of carboxylic acid groups (broad SMARTS) is 1. The molecule has 2 rings (SSSR count). The maximum atomic E-state index is 11.0. The Bertz CT molecular complexity index is 732. The molecule has 2 aromatic rings. The molecule has 2 aromatic carbocycles. The fraction of sp³-hybridized carbons (Fsp3) is 0. The number of nitrogens with zero attached hydrogens (tertiary/aromatic N) is 1. The molecular formula is C13H7Br2NO5. The average molecular weight is 417 g/mol. The molecule has 1 N–H and O–H groups in total. The van der Waals surface area contributed by atoms with Crippen LogP contribution in [0.2, 0.25) is 0 Å². The summed E-state index contributed by atoms with van der Waals surface area (Å²) in [5, 5.41) is 19.9. The van der Waals surface area contributed by atoms with Gasteiger partial charge in [-0.05, 0) is 40.2 Å². The van der Waals surface area contributed by atoms with E-state index < -0.39 is 10.9 Å². The number of nitro benzene ring substituents is 1. The molecule has 0 unspecified atom stereocenters. The van der Waals surface area contributed by atoms with Crippen molar-refractivity contribution in [2.75, 3.05) is 0 Å². The van der Waals surface area contributed by atoms with Crippen LogP contribution in [0.3, 0.4) is 0 Å². The number of aromatic carboxylic acids is 1. The zero-order valence-corrected chi connectivity index (χ0v) is 13.4. The van der Waals surface area contributed by atoms with E-state index in [0.717, 1.165) is 22.7 Å². The fourth-order valence-electron chi connectivity index (χ4n) is 1.56. The zero-order valence-electron chi connectivity index (χ0n) is 10.2. The van der Waals surface area contributed by atoms with Gasteiger partial charge in [-0.1, -0.05) is 15.9 Å². The number of benzene rings is 2. The van der Waals surface area contributed by atoms with Gasteiger partial charge in [0.25, 0.3) is 0 Å². The minimum Gasteiger partial charge on any atom is -0.478 e. The van der Waals surface area contributed by atoms with Crippen molar-refractivity contribution in [2.24, 2.45) is 0 Å². The van der Waals surface area contributed by atoms with Gasteiger partial charge in [-0.2, -0.15) is 0 Å². The summed E-state index contributed by atoms with van der Waals surface area (Å²) in [5.41, 5.74) is -0.404. The summed E-state index contributed by atoms with van der Waals surface area (Å²) >= 11 is 6.55. The monoisotopic (exact) mass is 415 g/mol. The van der Waals surface area contributed by atoms with E-state index in [9.17, 15) is 14.9 Å². The summed E-state index contributed by atoms with van der Waals surface area (Å²) in [6.45, 7) is 0. The maximum absolute atomic E-state index is 11.0. The number of ether oxygens (including phenoxy) is 1. The van der Waals surface area contributed by atoms with E-state index in [2.05, 4.69) is 31.9 Å². The number of nitro groups is 1. The molecule has 6 nitrogen and oxygen atoms in total. The van der Waals surface area contributed by atoms with Crippen LogP contribution in [0.15, 0.2) is 45.3 Å². The van der Waals surface area contributed by atoms with Crippen molar-refractivity contribution < 1.29 is 19.6 Å². The fourth-order valence-corrected chi connectivity index (χ4v) is 2.68. The molecule has 0 aromatic heterocycles.